The Bertz CT molecular complexity index is 556. The molecule has 0 bridgehead atoms. The van der Waals surface area contributed by atoms with Gasteiger partial charge in [-0.25, -0.2) is 13.1 Å². The van der Waals surface area contributed by atoms with Crippen molar-refractivity contribution in [1.29, 1.82) is 0 Å². The molecule has 7 nitrogen and oxygen atoms in total. The first-order chi connectivity index (χ1) is 9.90. The van der Waals surface area contributed by atoms with Gasteiger partial charge in [-0.15, -0.1) is 0 Å². The van der Waals surface area contributed by atoms with Gasteiger partial charge in [0.25, 0.3) is 5.91 Å². The zero-order valence-electron chi connectivity index (χ0n) is 12.3. The van der Waals surface area contributed by atoms with Crippen molar-refractivity contribution in [2.45, 2.75) is 17.9 Å². The molecule has 0 aliphatic heterocycles. The normalized spacial score (nSPS) is 12.7. The van der Waals surface area contributed by atoms with E-state index in [2.05, 4.69) is 10.0 Å². The Hall–Kier alpha value is -1.64. The summed E-state index contributed by atoms with van der Waals surface area (Å²) in [7, 11) is -0.552. The fourth-order valence-electron chi connectivity index (χ4n) is 1.52. The van der Waals surface area contributed by atoms with Crippen LogP contribution in [0.5, 0.6) is 5.75 Å². The molecule has 0 radical (unpaired) electrons. The Morgan fingerprint density at radius 3 is 2.43 bits per heavy atom. The minimum Gasteiger partial charge on any atom is -0.481 e. The van der Waals surface area contributed by atoms with E-state index in [-0.39, 0.29) is 17.3 Å². The molecule has 0 fully saturated rings. The van der Waals surface area contributed by atoms with Crippen molar-refractivity contribution < 1.29 is 22.7 Å². The predicted molar refractivity (Wildman–Crippen MR) is 77.7 cm³/mol. The predicted octanol–water partition coefficient (Wildman–Crippen LogP) is 0.125. The lowest BCUT2D eigenvalue weighted by atomic mass is 10.3. The van der Waals surface area contributed by atoms with Gasteiger partial charge in [-0.2, -0.15) is 0 Å². The second-order valence-corrected chi connectivity index (χ2v) is 6.00. The molecule has 21 heavy (non-hydrogen) atoms. The molecule has 1 amide bonds. The van der Waals surface area contributed by atoms with Crippen LogP contribution in [0.1, 0.15) is 6.92 Å². The van der Waals surface area contributed by atoms with E-state index < -0.39 is 16.1 Å². The summed E-state index contributed by atoms with van der Waals surface area (Å²) in [5.74, 6) is 0.162. The van der Waals surface area contributed by atoms with E-state index in [9.17, 15) is 13.2 Å². The summed E-state index contributed by atoms with van der Waals surface area (Å²) in [6, 6.07) is 5.84. The van der Waals surface area contributed by atoms with Crippen LogP contribution in [0.3, 0.4) is 0 Å². The highest BCUT2D eigenvalue weighted by molar-refractivity contribution is 7.89. The van der Waals surface area contributed by atoms with Crippen LogP contribution in [0.4, 0.5) is 0 Å². The molecular weight excluding hydrogens is 296 g/mol. The van der Waals surface area contributed by atoms with E-state index in [1.54, 1.807) is 6.92 Å². The third-order valence-corrected chi connectivity index (χ3v) is 4.14. The minimum atomic E-state index is -3.56. The molecule has 8 heteroatoms. The van der Waals surface area contributed by atoms with Gasteiger partial charge in [-0.3, -0.25) is 4.79 Å². The fraction of sp³-hybridized carbons (Fsp3) is 0.462. The highest BCUT2D eigenvalue weighted by Gasteiger charge is 2.15. The molecule has 0 spiro atoms. The summed E-state index contributed by atoms with van der Waals surface area (Å²) in [5, 5.41) is 2.47. The van der Waals surface area contributed by atoms with E-state index in [1.165, 1.54) is 38.4 Å². The van der Waals surface area contributed by atoms with E-state index >= 15 is 0 Å². The number of benzene rings is 1. The summed E-state index contributed by atoms with van der Waals surface area (Å²) in [6.45, 7) is 2.10. The Labute approximate surface area is 124 Å². The van der Waals surface area contributed by atoms with E-state index in [4.69, 9.17) is 9.47 Å². The summed E-state index contributed by atoms with van der Waals surface area (Å²) >= 11 is 0. The lowest BCUT2D eigenvalue weighted by Gasteiger charge is -2.13. The molecule has 118 valence electrons. The van der Waals surface area contributed by atoms with Gasteiger partial charge in [0.15, 0.2) is 6.10 Å². The summed E-state index contributed by atoms with van der Waals surface area (Å²) < 4.78 is 36.4. The first kappa shape index (κ1) is 17.4. The topological polar surface area (TPSA) is 93.7 Å². The van der Waals surface area contributed by atoms with Crippen LogP contribution in [-0.4, -0.2) is 47.7 Å². The zero-order valence-corrected chi connectivity index (χ0v) is 13.1. The van der Waals surface area contributed by atoms with Crippen molar-refractivity contribution >= 4 is 15.9 Å². The highest BCUT2D eigenvalue weighted by Crippen LogP contribution is 2.17. The average Bonchev–Trinajstić information content (AvgIpc) is 2.47. The first-order valence-corrected chi connectivity index (χ1v) is 7.86. The summed E-state index contributed by atoms with van der Waals surface area (Å²) in [4.78, 5) is 11.5. The van der Waals surface area contributed by atoms with Crippen LogP contribution in [-0.2, 0) is 19.6 Å². The molecule has 0 unspecified atom stereocenters. The standard InChI is InChI=1S/C13H20N2O5S/c1-10(13(16)14-2)20-11-4-6-12(7-5-11)21(17,18)15-8-9-19-3/h4-7,10,15H,8-9H2,1-3H3,(H,14,16)/t10-/m1/s1. The molecule has 1 aromatic rings. The fourth-order valence-corrected chi connectivity index (χ4v) is 2.53. The number of hydrogen-bond donors (Lipinski definition) is 2. The second-order valence-electron chi connectivity index (χ2n) is 4.24. The third-order valence-electron chi connectivity index (χ3n) is 2.66. The molecule has 0 heterocycles. The van der Waals surface area contributed by atoms with Crippen LogP contribution in [0.25, 0.3) is 0 Å². The number of rotatable bonds is 8. The van der Waals surface area contributed by atoms with Crippen molar-refractivity contribution in [2.75, 3.05) is 27.3 Å². The van der Waals surface area contributed by atoms with Crippen LogP contribution >= 0.6 is 0 Å². The largest absolute Gasteiger partial charge is 0.481 e. The van der Waals surface area contributed by atoms with Gasteiger partial charge in [0.2, 0.25) is 10.0 Å². The number of carbonyl (C=O) groups is 1. The minimum absolute atomic E-state index is 0.124. The smallest absolute Gasteiger partial charge is 0.260 e. The quantitative estimate of drug-likeness (QED) is 0.665. The maximum atomic E-state index is 11.9. The van der Waals surface area contributed by atoms with Crippen molar-refractivity contribution in [3.05, 3.63) is 24.3 Å². The van der Waals surface area contributed by atoms with Gasteiger partial charge >= 0.3 is 0 Å². The van der Waals surface area contributed by atoms with Gasteiger partial charge in [0.05, 0.1) is 11.5 Å². The van der Waals surface area contributed by atoms with Gasteiger partial charge in [0.1, 0.15) is 5.75 Å². The maximum Gasteiger partial charge on any atom is 0.260 e. The number of hydrogen-bond acceptors (Lipinski definition) is 5. The molecule has 0 aliphatic rings. The molecule has 1 rings (SSSR count). The van der Waals surface area contributed by atoms with E-state index in [1.807, 2.05) is 0 Å². The zero-order chi connectivity index (χ0) is 15.9. The van der Waals surface area contributed by atoms with Crippen LogP contribution < -0.4 is 14.8 Å². The SMILES string of the molecule is CNC(=O)[C@@H](C)Oc1ccc(S(=O)(=O)NCCOC)cc1. The monoisotopic (exact) mass is 316 g/mol. The van der Waals surface area contributed by atoms with Gasteiger partial charge in [0, 0.05) is 20.7 Å². The van der Waals surface area contributed by atoms with Crippen LogP contribution in [0.2, 0.25) is 0 Å². The van der Waals surface area contributed by atoms with Crippen molar-refractivity contribution in [3.63, 3.8) is 0 Å². The van der Waals surface area contributed by atoms with Gasteiger partial charge in [-0.1, -0.05) is 0 Å². The maximum absolute atomic E-state index is 11.9. The van der Waals surface area contributed by atoms with Crippen molar-refractivity contribution in [1.82, 2.24) is 10.0 Å². The molecule has 0 saturated carbocycles. The van der Waals surface area contributed by atoms with E-state index in [0.717, 1.165) is 0 Å². The summed E-state index contributed by atoms with van der Waals surface area (Å²) in [5.41, 5.74) is 0. The van der Waals surface area contributed by atoms with Gasteiger partial charge < -0.3 is 14.8 Å². The summed E-state index contributed by atoms with van der Waals surface area (Å²) in [6.07, 6.45) is -0.655. The molecular formula is C13H20N2O5S. The third kappa shape index (κ3) is 5.33. The molecule has 0 aromatic heterocycles. The second kappa shape index (κ2) is 7.96. The molecule has 2 N–H and O–H groups in total. The van der Waals surface area contributed by atoms with Gasteiger partial charge in [-0.05, 0) is 31.2 Å². The Morgan fingerprint density at radius 1 is 1.29 bits per heavy atom. The van der Waals surface area contributed by atoms with Crippen LogP contribution in [0.15, 0.2) is 29.2 Å². The number of methoxy groups -OCH3 is 1. The number of nitrogens with one attached hydrogen (secondary N) is 2. The average molecular weight is 316 g/mol. The highest BCUT2D eigenvalue weighted by atomic mass is 32.2. The van der Waals surface area contributed by atoms with E-state index in [0.29, 0.717) is 12.4 Å². The Balaban J connectivity index is 2.71. The molecule has 0 aliphatic carbocycles. The van der Waals surface area contributed by atoms with Crippen molar-refractivity contribution in [3.8, 4) is 5.75 Å². The molecule has 1 atom stereocenters. The number of carbonyl (C=O) groups excluding carboxylic acids is 1. The van der Waals surface area contributed by atoms with Crippen LogP contribution in [0, 0.1) is 0 Å². The molecule has 0 saturated heterocycles. The Kier molecular flexibility index (Phi) is 6.60. The van der Waals surface area contributed by atoms with Crippen molar-refractivity contribution in [2.24, 2.45) is 0 Å². The number of likely N-dealkylation sites (N-methyl/N-ethyl adjacent to an activating group) is 1. The first-order valence-electron chi connectivity index (χ1n) is 6.37. The lowest BCUT2D eigenvalue weighted by Crippen LogP contribution is -2.33. The Morgan fingerprint density at radius 2 is 1.90 bits per heavy atom. The lowest BCUT2D eigenvalue weighted by molar-refractivity contribution is -0.126. The molecule has 1 aromatic carbocycles. The number of amides is 1. The number of sulfonamides is 1. The number of ether oxygens (including phenoxy) is 2.